The fraction of sp³-hybridized carbons (Fsp3) is 0.333. The molecule has 0 heterocycles. The fourth-order valence-electron chi connectivity index (χ4n) is 1.48. The molecule has 3 N–H and O–H groups in total. The molecule has 0 aliphatic heterocycles. The number of amides is 2. The Kier molecular flexibility index (Phi) is 4.36. The minimum atomic E-state index is -0.885. The van der Waals surface area contributed by atoms with Crippen molar-refractivity contribution in [2.75, 3.05) is 0 Å². The first-order valence-electron chi connectivity index (χ1n) is 5.37. The fourth-order valence-corrected chi connectivity index (χ4v) is 1.48. The summed E-state index contributed by atoms with van der Waals surface area (Å²) >= 11 is 0. The van der Waals surface area contributed by atoms with Gasteiger partial charge in [-0.15, -0.1) is 0 Å². The average Bonchev–Trinajstić information content (AvgIpc) is 2.23. The summed E-state index contributed by atoms with van der Waals surface area (Å²) in [5.74, 6) is -3.38. The maximum atomic E-state index is 12.9. The van der Waals surface area contributed by atoms with Gasteiger partial charge in [0.15, 0.2) is 0 Å². The minimum Gasteiger partial charge on any atom is -0.368 e. The van der Waals surface area contributed by atoms with E-state index in [9.17, 15) is 18.4 Å². The second-order valence-corrected chi connectivity index (χ2v) is 4.26. The van der Waals surface area contributed by atoms with Gasteiger partial charge < -0.3 is 11.1 Å². The van der Waals surface area contributed by atoms with E-state index in [1.54, 1.807) is 13.8 Å². The van der Waals surface area contributed by atoms with E-state index in [0.717, 1.165) is 12.1 Å². The van der Waals surface area contributed by atoms with E-state index in [1.807, 2.05) is 0 Å². The lowest BCUT2D eigenvalue weighted by Crippen LogP contribution is -2.47. The number of hydrogen-bond donors (Lipinski definition) is 2. The summed E-state index contributed by atoms with van der Waals surface area (Å²) in [6, 6.07) is 1.54. The van der Waals surface area contributed by atoms with E-state index >= 15 is 0 Å². The number of carbonyl (C=O) groups is 2. The lowest BCUT2D eigenvalue weighted by atomic mass is 10.0. The first-order valence-corrected chi connectivity index (χ1v) is 5.37. The largest absolute Gasteiger partial charge is 0.368 e. The molecule has 0 spiro atoms. The van der Waals surface area contributed by atoms with Gasteiger partial charge in [0.1, 0.15) is 17.7 Å². The molecule has 98 valence electrons. The molecule has 18 heavy (non-hydrogen) atoms. The highest BCUT2D eigenvalue weighted by atomic mass is 19.1. The molecule has 0 aliphatic carbocycles. The molecular formula is C12H14F2N2O2. The topological polar surface area (TPSA) is 72.2 Å². The number of rotatable bonds is 4. The summed E-state index contributed by atoms with van der Waals surface area (Å²) in [7, 11) is 0. The lowest BCUT2D eigenvalue weighted by molar-refractivity contribution is -0.120. The lowest BCUT2D eigenvalue weighted by Gasteiger charge is -2.18. The van der Waals surface area contributed by atoms with Crippen LogP contribution in [0.15, 0.2) is 18.2 Å². The molecule has 0 aliphatic rings. The van der Waals surface area contributed by atoms with Gasteiger partial charge in [0, 0.05) is 11.6 Å². The van der Waals surface area contributed by atoms with E-state index in [1.165, 1.54) is 0 Å². The zero-order chi connectivity index (χ0) is 13.9. The van der Waals surface area contributed by atoms with E-state index in [4.69, 9.17) is 5.73 Å². The van der Waals surface area contributed by atoms with Gasteiger partial charge in [-0.25, -0.2) is 8.78 Å². The van der Waals surface area contributed by atoms with Crippen LogP contribution in [0.5, 0.6) is 0 Å². The van der Waals surface area contributed by atoms with Crippen LogP contribution in [-0.2, 0) is 4.79 Å². The van der Waals surface area contributed by atoms with Gasteiger partial charge in [0.25, 0.3) is 5.91 Å². The summed E-state index contributed by atoms with van der Waals surface area (Å²) in [5, 5.41) is 2.34. The van der Waals surface area contributed by atoms with E-state index in [0.29, 0.717) is 6.07 Å². The standard InChI is InChI=1S/C12H14F2N2O2/c1-6(2)10(11(15)17)16-12(18)7-3-8(13)5-9(14)4-7/h3-6,10H,1-2H3,(H2,15,17)(H,16,18)/t10-/m0/s1. The first-order chi connectivity index (χ1) is 8.31. The zero-order valence-corrected chi connectivity index (χ0v) is 10.0. The molecule has 0 radical (unpaired) electrons. The summed E-state index contributed by atoms with van der Waals surface area (Å²) in [6.45, 7) is 3.39. The Morgan fingerprint density at radius 3 is 2.06 bits per heavy atom. The summed E-state index contributed by atoms with van der Waals surface area (Å²) in [6.07, 6.45) is 0. The first kappa shape index (κ1) is 14.1. The molecule has 0 aromatic heterocycles. The van der Waals surface area contributed by atoms with Crippen LogP contribution in [0.1, 0.15) is 24.2 Å². The molecule has 1 rings (SSSR count). The Morgan fingerprint density at radius 1 is 1.17 bits per heavy atom. The Balaban J connectivity index is 2.90. The van der Waals surface area contributed by atoms with Gasteiger partial charge in [-0.2, -0.15) is 0 Å². The van der Waals surface area contributed by atoms with E-state index in [-0.39, 0.29) is 11.5 Å². The van der Waals surface area contributed by atoms with Crippen molar-refractivity contribution < 1.29 is 18.4 Å². The van der Waals surface area contributed by atoms with Gasteiger partial charge in [-0.1, -0.05) is 13.8 Å². The molecule has 1 aromatic carbocycles. The van der Waals surface area contributed by atoms with Crippen molar-refractivity contribution in [2.45, 2.75) is 19.9 Å². The van der Waals surface area contributed by atoms with Crippen molar-refractivity contribution in [2.24, 2.45) is 11.7 Å². The summed E-state index contributed by atoms with van der Waals surface area (Å²) < 4.78 is 25.9. The molecule has 1 aromatic rings. The van der Waals surface area contributed by atoms with Crippen molar-refractivity contribution in [3.05, 3.63) is 35.4 Å². The monoisotopic (exact) mass is 256 g/mol. The summed E-state index contributed by atoms with van der Waals surface area (Å²) in [5.41, 5.74) is 4.93. The number of primary amides is 1. The van der Waals surface area contributed by atoms with Crippen molar-refractivity contribution >= 4 is 11.8 Å². The smallest absolute Gasteiger partial charge is 0.252 e. The highest BCUT2D eigenvalue weighted by Crippen LogP contribution is 2.09. The van der Waals surface area contributed by atoms with Crippen LogP contribution in [0.3, 0.4) is 0 Å². The minimum absolute atomic E-state index is 0.195. The van der Waals surface area contributed by atoms with Crippen molar-refractivity contribution in [3.63, 3.8) is 0 Å². The molecule has 0 fully saturated rings. The maximum Gasteiger partial charge on any atom is 0.252 e. The second-order valence-electron chi connectivity index (χ2n) is 4.26. The quantitative estimate of drug-likeness (QED) is 0.849. The third-order valence-electron chi connectivity index (χ3n) is 2.38. The van der Waals surface area contributed by atoms with Gasteiger partial charge in [-0.3, -0.25) is 9.59 Å². The molecule has 2 amide bonds. The Labute approximate surface area is 103 Å². The Morgan fingerprint density at radius 2 is 1.67 bits per heavy atom. The summed E-state index contributed by atoms with van der Waals surface area (Å²) in [4.78, 5) is 22.8. The molecule has 0 unspecified atom stereocenters. The van der Waals surface area contributed by atoms with Crippen LogP contribution < -0.4 is 11.1 Å². The molecule has 0 saturated carbocycles. The van der Waals surface area contributed by atoms with Crippen molar-refractivity contribution in [3.8, 4) is 0 Å². The number of nitrogens with two attached hydrogens (primary N) is 1. The SMILES string of the molecule is CC(C)[C@H](NC(=O)c1cc(F)cc(F)c1)C(N)=O. The average molecular weight is 256 g/mol. The molecule has 0 saturated heterocycles. The highest BCUT2D eigenvalue weighted by molar-refractivity contribution is 5.97. The zero-order valence-electron chi connectivity index (χ0n) is 10.0. The van der Waals surface area contributed by atoms with Crippen LogP contribution in [0.4, 0.5) is 8.78 Å². The Hall–Kier alpha value is -1.98. The van der Waals surface area contributed by atoms with Gasteiger partial charge >= 0.3 is 0 Å². The van der Waals surface area contributed by atoms with Crippen molar-refractivity contribution in [1.82, 2.24) is 5.32 Å². The number of halogens is 2. The van der Waals surface area contributed by atoms with Gasteiger partial charge in [0.05, 0.1) is 0 Å². The predicted molar refractivity (Wildman–Crippen MR) is 61.6 cm³/mol. The molecule has 0 bridgehead atoms. The number of nitrogens with one attached hydrogen (secondary N) is 1. The highest BCUT2D eigenvalue weighted by Gasteiger charge is 2.22. The van der Waals surface area contributed by atoms with Gasteiger partial charge in [-0.05, 0) is 18.1 Å². The van der Waals surface area contributed by atoms with Gasteiger partial charge in [0.2, 0.25) is 5.91 Å². The number of benzene rings is 1. The maximum absolute atomic E-state index is 12.9. The van der Waals surface area contributed by atoms with Crippen LogP contribution in [0.2, 0.25) is 0 Å². The predicted octanol–water partition coefficient (Wildman–Crippen LogP) is 1.20. The van der Waals surface area contributed by atoms with Crippen LogP contribution in [-0.4, -0.2) is 17.9 Å². The second kappa shape index (κ2) is 5.57. The van der Waals surface area contributed by atoms with E-state index in [2.05, 4.69) is 5.32 Å². The molecule has 6 heteroatoms. The van der Waals surface area contributed by atoms with Crippen LogP contribution in [0.25, 0.3) is 0 Å². The van der Waals surface area contributed by atoms with Crippen molar-refractivity contribution in [1.29, 1.82) is 0 Å². The number of hydrogen-bond acceptors (Lipinski definition) is 2. The molecule has 1 atom stereocenters. The number of carbonyl (C=O) groups excluding carboxylic acids is 2. The molecule has 4 nitrogen and oxygen atoms in total. The normalized spacial score (nSPS) is 12.3. The van der Waals surface area contributed by atoms with Crippen LogP contribution >= 0.6 is 0 Å². The molecular weight excluding hydrogens is 242 g/mol. The Bertz CT molecular complexity index is 455. The van der Waals surface area contributed by atoms with E-state index < -0.39 is 29.5 Å². The van der Waals surface area contributed by atoms with Crippen LogP contribution in [0, 0.1) is 17.6 Å². The third-order valence-corrected chi connectivity index (χ3v) is 2.38. The third kappa shape index (κ3) is 3.51.